The first-order valence-electron chi connectivity index (χ1n) is 5.32. The summed E-state index contributed by atoms with van der Waals surface area (Å²) in [6, 6.07) is 7.76. The van der Waals surface area contributed by atoms with E-state index in [1.54, 1.807) is 0 Å². The van der Waals surface area contributed by atoms with Gasteiger partial charge in [0, 0.05) is 12.5 Å². The summed E-state index contributed by atoms with van der Waals surface area (Å²) in [5, 5.41) is 0. The molecule has 1 rings (SSSR count). The molecule has 0 radical (unpaired) electrons. The van der Waals surface area contributed by atoms with E-state index in [0.717, 1.165) is 17.7 Å². The van der Waals surface area contributed by atoms with Gasteiger partial charge in [-0.05, 0) is 24.1 Å². The van der Waals surface area contributed by atoms with Crippen molar-refractivity contribution in [2.24, 2.45) is 5.73 Å². The zero-order valence-corrected chi connectivity index (χ0v) is 9.08. The molecule has 0 fully saturated rings. The average molecular weight is 211 g/mol. The fourth-order valence-corrected chi connectivity index (χ4v) is 1.29. The Balaban J connectivity index is 2.49. The van der Waals surface area contributed by atoms with Crippen LogP contribution in [-0.4, -0.2) is 13.3 Å². The van der Waals surface area contributed by atoms with E-state index < -0.39 is 0 Å². The molecule has 3 heteroatoms. The van der Waals surface area contributed by atoms with Gasteiger partial charge in [0.05, 0.1) is 13.3 Å². The third kappa shape index (κ3) is 3.88. The summed E-state index contributed by atoms with van der Waals surface area (Å²) in [6.07, 6.45) is 1.36. The van der Waals surface area contributed by atoms with Crippen LogP contribution in [0.2, 0.25) is 0 Å². The molecular formula is C12H18FNO. The molecule has 0 aliphatic carbocycles. The molecule has 1 aromatic rings. The van der Waals surface area contributed by atoms with E-state index >= 15 is 0 Å². The second-order valence-corrected chi connectivity index (χ2v) is 3.47. The van der Waals surface area contributed by atoms with Crippen LogP contribution in [0, 0.1) is 0 Å². The van der Waals surface area contributed by atoms with Crippen molar-refractivity contribution < 1.29 is 9.13 Å². The second-order valence-electron chi connectivity index (χ2n) is 3.47. The van der Waals surface area contributed by atoms with Gasteiger partial charge in [0.15, 0.2) is 0 Å². The van der Waals surface area contributed by atoms with E-state index in [9.17, 15) is 4.39 Å². The molecule has 0 spiro atoms. The summed E-state index contributed by atoms with van der Waals surface area (Å²) in [5.41, 5.74) is 6.98. The molecule has 1 aromatic carbocycles. The summed E-state index contributed by atoms with van der Waals surface area (Å²) in [4.78, 5) is 0. The molecule has 0 aliphatic rings. The lowest BCUT2D eigenvalue weighted by molar-refractivity contribution is 0.289. The maximum absolute atomic E-state index is 11.8. The van der Waals surface area contributed by atoms with Crippen LogP contribution in [0.15, 0.2) is 24.3 Å². The summed E-state index contributed by atoms with van der Waals surface area (Å²) in [5.74, 6) is 0.774. The van der Waals surface area contributed by atoms with Gasteiger partial charge in [-0.15, -0.1) is 0 Å². The highest BCUT2D eigenvalue weighted by atomic mass is 19.1. The first kappa shape index (κ1) is 12.0. The minimum atomic E-state index is -0.335. The lowest BCUT2D eigenvalue weighted by atomic mass is 10.1. The average Bonchev–Trinajstić information content (AvgIpc) is 2.29. The quantitative estimate of drug-likeness (QED) is 0.734. The topological polar surface area (TPSA) is 35.2 Å². The van der Waals surface area contributed by atoms with Gasteiger partial charge in [-0.1, -0.05) is 19.1 Å². The van der Waals surface area contributed by atoms with Crippen LogP contribution in [0.4, 0.5) is 4.39 Å². The minimum absolute atomic E-state index is 0.0879. The number of hydrogen-bond acceptors (Lipinski definition) is 2. The van der Waals surface area contributed by atoms with Crippen LogP contribution in [0.5, 0.6) is 5.75 Å². The number of benzene rings is 1. The van der Waals surface area contributed by atoms with Crippen LogP contribution in [0.25, 0.3) is 0 Å². The first-order valence-corrected chi connectivity index (χ1v) is 5.32. The molecule has 15 heavy (non-hydrogen) atoms. The fourth-order valence-electron chi connectivity index (χ4n) is 1.29. The number of halogens is 1. The Morgan fingerprint density at radius 3 is 2.53 bits per heavy atom. The Kier molecular flexibility index (Phi) is 5.12. The third-order valence-electron chi connectivity index (χ3n) is 2.29. The van der Waals surface area contributed by atoms with Gasteiger partial charge >= 0.3 is 0 Å². The summed E-state index contributed by atoms with van der Waals surface area (Å²) in [7, 11) is 0. The van der Waals surface area contributed by atoms with Gasteiger partial charge in [0.1, 0.15) is 5.75 Å². The van der Waals surface area contributed by atoms with Crippen LogP contribution < -0.4 is 10.5 Å². The zero-order chi connectivity index (χ0) is 11.1. The first-order chi connectivity index (χ1) is 7.27. The summed E-state index contributed by atoms with van der Waals surface area (Å²) < 4.78 is 17.1. The minimum Gasteiger partial charge on any atom is -0.494 e. The third-order valence-corrected chi connectivity index (χ3v) is 2.29. The van der Waals surface area contributed by atoms with Crippen molar-refractivity contribution in [3.63, 3.8) is 0 Å². The predicted molar refractivity (Wildman–Crippen MR) is 59.7 cm³/mol. The molecule has 0 amide bonds. The molecule has 0 heterocycles. The van der Waals surface area contributed by atoms with Gasteiger partial charge in [-0.25, -0.2) is 0 Å². The number of ether oxygens (including phenoxy) is 1. The Labute approximate surface area is 90.2 Å². The lowest BCUT2D eigenvalue weighted by Crippen LogP contribution is -2.08. The molecule has 0 saturated heterocycles. The van der Waals surface area contributed by atoms with Crippen molar-refractivity contribution in [3.05, 3.63) is 29.8 Å². The maximum Gasteiger partial charge on any atom is 0.119 e. The van der Waals surface area contributed by atoms with Crippen molar-refractivity contribution in [1.82, 2.24) is 0 Å². The molecule has 84 valence electrons. The SMILES string of the molecule is CC[C@@H](N)c1ccc(OCCCF)cc1. The highest BCUT2D eigenvalue weighted by Crippen LogP contribution is 2.18. The van der Waals surface area contributed by atoms with Crippen LogP contribution >= 0.6 is 0 Å². The number of hydrogen-bond donors (Lipinski definition) is 1. The highest BCUT2D eigenvalue weighted by Gasteiger charge is 2.02. The Bertz CT molecular complexity index is 273. The van der Waals surface area contributed by atoms with E-state index in [4.69, 9.17) is 10.5 Å². The number of alkyl halides is 1. The van der Waals surface area contributed by atoms with E-state index in [0.29, 0.717) is 13.0 Å². The van der Waals surface area contributed by atoms with Gasteiger partial charge in [-0.2, -0.15) is 0 Å². The molecule has 0 unspecified atom stereocenters. The molecule has 0 aromatic heterocycles. The van der Waals surface area contributed by atoms with Gasteiger partial charge < -0.3 is 10.5 Å². The Morgan fingerprint density at radius 1 is 1.33 bits per heavy atom. The predicted octanol–water partition coefficient (Wildman–Crippen LogP) is 2.83. The van der Waals surface area contributed by atoms with E-state index in [1.807, 2.05) is 24.3 Å². The van der Waals surface area contributed by atoms with Gasteiger partial charge in [0.2, 0.25) is 0 Å². The van der Waals surface area contributed by atoms with Crippen molar-refractivity contribution in [2.45, 2.75) is 25.8 Å². The number of rotatable bonds is 6. The molecule has 0 bridgehead atoms. The Morgan fingerprint density at radius 2 is 2.00 bits per heavy atom. The summed E-state index contributed by atoms with van der Waals surface area (Å²) in [6.45, 7) is 2.14. The monoisotopic (exact) mass is 211 g/mol. The smallest absolute Gasteiger partial charge is 0.119 e. The second kappa shape index (κ2) is 6.40. The Hall–Kier alpha value is -1.09. The van der Waals surface area contributed by atoms with E-state index in [1.165, 1.54) is 0 Å². The highest BCUT2D eigenvalue weighted by molar-refractivity contribution is 5.28. The van der Waals surface area contributed by atoms with E-state index in [-0.39, 0.29) is 12.7 Å². The summed E-state index contributed by atoms with van der Waals surface area (Å²) >= 11 is 0. The molecule has 2 N–H and O–H groups in total. The van der Waals surface area contributed by atoms with Crippen molar-refractivity contribution in [1.29, 1.82) is 0 Å². The lowest BCUT2D eigenvalue weighted by Gasteiger charge is -2.10. The van der Waals surface area contributed by atoms with E-state index in [2.05, 4.69) is 6.92 Å². The molecule has 1 atom stereocenters. The van der Waals surface area contributed by atoms with Crippen LogP contribution in [-0.2, 0) is 0 Å². The van der Waals surface area contributed by atoms with Gasteiger partial charge in [-0.3, -0.25) is 4.39 Å². The number of nitrogens with two attached hydrogens (primary N) is 1. The molecule has 2 nitrogen and oxygen atoms in total. The fraction of sp³-hybridized carbons (Fsp3) is 0.500. The molecule has 0 aliphatic heterocycles. The normalized spacial score (nSPS) is 12.5. The molecule has 0 saturated carbocycles. The molecular weight excluding hydrogens is 193 g/mol. The van der Waals surface area contributed by atoms with Gasteiger partial charge in [0.25, 0.3) is 0 Å². The van der Waals surface area contributed by atoms with Crippen molar-refractivity contribution >= 4 is 0 Å². The van der Waals surface area contributed by atoms with Crippen LogP contribution in [0.1, 0.15) is 31.4 Å². The zero-order valence-electron chi connectivity index (χ0n) is 9.08. The largest absolute Gasteiger partial charge is 0.494 e. The van der Waals surface area contributed by atoms with Crippen molar-refractivity contribution in [2.75, 3.05) is 13.3 Å². The van der Waals surface area contributed by atoms with Crippen LogP contribution in [0.3, 0.4) is 0 Å². The maximum atomic E-state index is 11.8. The van der Waals surface area contributed by atoms with Crippen molar-refractivity contribution in [3.8, 4) is 5.75 Å². The standard InChI is InChI=1S/C12H18FNO/c1-2-12(14)10-4-6-11(7-5-10)15-9-3-8-13/h4-7,12H,2-3,8-9,14H2,1H3/t12-/m1/s1.